The average Bonchev–Trinajstić information content (AvgIpc) is 2.08. The smallest absolute Gasteiger partial charge is 0.115 e. The van der Waals surface area contributed by atoms with Gasteiger partial charge in [-0.3, -0.25) is 0 Å². The van der Waals surface area contributed by atoms with Gasteiger partial charge in [0.1, 0.15) is 5.75 Å². The van der Waals surface area contributed by atoms with Gasteiger partial charge in [0.15, 0.2) is 0 Å². The van der Waals surface area contributed by atoms with Crippen molar-refractivity contribution in [2.75, 3.05) is 6.61 Å². The Hall–Kier alpha value is -0.150. The second kappa shape index (κ2) is 11.9. The molecule has 0 spiro atoms. The number of aliphatic hydroxyl groups excluding tert-OH is 1. The van der Waals surface area contributed by atoms with Gasteiger partial charge in [-0.25, -0.2) is 0 Å². The number of aromatic hydroxyl groups is 1. The zero-order chi connectivity index (χ0) is 9.23. The van der Waals surface area contributed by atoms with E-state index in [0.717, 1.165) is 12.8 Å². The van der Waals surface area contributed by atoms with Crippen LogP contribution in [0.5, 0.6) is 5.75 Å². The first-order valence-corrected chi connectivity index (χ1v) is 4.16. The first-order chi connectivity index (χ1) is 5.81. The van der Waals surface area contributed by atoms with Crippen LogP contribution in [0.4, 0.5) is 0 Å². The zero-order valence-electron chi connectivity index (χ0n) is 7.98. The molecule has 2 nitrogen and oxygen atoms in total. The van der Waals surface area contributed by atoms with Crippen molar-refractivity contribution in [2.24, 2.45) is 0 Å². The van der Waals surface area contributed by atoms with Crippen LogP contribution in [0.1, 0.15) is 19.8 Å². The van der Waals surface area contributed by atoms with E-state index in [2.05, 4.69) is 6.92 Å². The third kappa shape index (κ3) is 11.9. The van der Waals surface area contributed by atoms with Crippen LogP contribution in [-0.4, -0.2) is 16.8 Å². The van der Waals surface area contributed by atoms with Crippen LogP contribution >= 0.6 is 0 Å². The number of para-hydroxylation sites is 1. The Morgan fingerprint density at radius 2 is 1.69 bits per heavy atom. The van der Waals surface area contributed by atoms with E-state index in [1.54, 1.807) is 24.3 Å². The number of hydrogen-bond acceptors (Lipinski definition) is 2. The molecule has 0 fully saturated rings. The standard InChI is InChI=1S/C6H6O.C4H10O.Sc/c7-6-4-2-1-3-5-6;1-2-3-4-5;/h1-5,7H;5H,2-4H2,1H3;. The first-order valence-electron chi connectivity index (χ1n) is 4.16. The maximum absolute atomic E-state index is 8.63. The fraction of sp³-hybridized carbons (Fsp3) is 0.400. The van der Waals surface area contributed by atoms with Gasteiger partial charge in [-0.2, -0.15) is 0 Å². The molecule has 71 valence electrons. The average molecular weight is 213 g/mol. The molecule has 0 aliphatic carbocycles. The van der Waals surface area contributed by atoms with E-state index < -0.39 is 0 Å². The summed E-state index contributed by atoms with van der Waals surface area (Å²) in [4.78, 5) is 0. The van der Waals surface area contributed by atoms with Gasteiger partial charge in [0, 0.05) is 32.5 Å². The Balaban J connectivity index is 0. The molecule has 1 rings (SSSR count). The first kappa shape index (κ1) is 15.3. The minimum atomic E-state index is 0. The predicted octanol–water partition coefficient (Wildman–Crippen LogP) is 2.17. The Morgan fingerprint density at radius 1 is 1.15 bits per heavy atom. The summed E-state index contributed by atoms with van der Waals surface area (Å²) < 4.78 is 0. The van der Waals surface area contributed by atoms with Gasteiger partial charge >= 0.3 is 0 Å². The maximum atomic E-state index is 8.63. The minimum Gasteiger partial charge on any atom is -0.508 e. The molecular formula is C10H16O2Sc. The SMILES string of the molecule is CCCCO.Oc1ccccc1.[Sc]. The molecule has 13 heavy (non-hydrogen) atoms. The summed E-state index contributed by atoms with van der Waals surface area (Å²) >= 11 is 0. The quantitative estimate of drug-likeness (QED) is 0.790. The van der Waals surface area contributed by atoms with Crippen LogP contribution in [0.2, 0.25) is 0 Å². The zero-order valence-corrected chi connectivity index (χ0v) is 9.78. The second-order valence-corrected chi connectivity index (χ2v) is 2.41. The summed E-state index contributed by atoms with van der Waals surface area (Å²) in [5, 5.41) is 16.7. The topological polar surface area (TPSA) is 40.5 Å². The van der Waals surface area contributed by atoms with Gasteiger partial charge in [0.25, 0.3) is 0 Å². The predicted molar refractivity (Wildman–Crippen MR) is 50.1 cm³/mol. The molecule has 0 aliphatic heterocycles. The number of phenolic OH excluding ortho intramolecular Hbond substituents is 1. The summed E-state index contributed by atoms with van der Waals surface area (Å²) in [5.74, 6) is 0.322. The van der Waals surface area contributed by atoms with E-state index >= 15 is 0 Å². The molecule has 1 aromatic carbocycles. The Kier molecular flexibility index (Phi) is 14.0. The number of hydrogen-bond donors (Lipinski definition) is 2. The number of benzene rings is 1. The van der Waals surface area contributed by atoms with Crippen molar-refractivity contribution in [1.82, 2.24) is 0 Å². The van der Waals surface area contributed by atoms with E-state index in [1.807, 2.05) is 6.07 Å². The monoisotopic (exact) mass is 213 g/mol. The van der Waals surface area contributed by atoms with Gasteiger partial charge in [0.05, 0.1) is 0 Å². The van der Waals surface area contributed by atoms with Crippen molar-refractivity contribution in [3.05, 3.63) is 30.3 Å². The van der Waals surface area contributed by atoms with Gasteiger partial charge in [-0.15, -0.1) is 0 Å². The maximum Gasteiger partial charge on any atom is 0.115 e. The molecule has 0 amide bonds. The molecule has 1 aromatic rings. The van der Waals surface area contributed by atoms with Crippen molar-refractivity contribution in [3.8, 4) is 5.75 Å². The molecule has 0 aromatic heterocycles. The van der Waals surface area contributed by atoms with Crippen molar-refractivity contribution in [1.29, 1.82) is 0 Å². The van der Waals surface area contributed by atoms with E-state index in [-0.39, 0.29) is 25.8 Å². The molecule has 0 aliphatic rings. The van der Waals surface area contributed by atoms with Gasteiger partial charge in [-0.05, 0) is 18.6 Å². The molecule has 0 saturated carbocycles. The van der Waals surface area contributed by atoms with Crippen LogP contribution in [0.15, 0.2) is 30.3 Å². The molecule has 0 unspecified atom stereocenters. The summed E-state index contributed by atoms with van der Waals surface area (Å²) in [6, 6.07) is 8.71. The van der Waals surface area contributed by atoms with Gasteiger partial charge in [-0.1, -0.05) is 31.5 Å². The molecule has 0 heterocycles. The molecule has 3 heteroatoms. The molecular weight excluding hydrogens is 197 g/mol. The fourth-order valence-electron chi connectivity index (χ4n) is 0.586. The summed E-state index contributed by atoms with van der Waals surface area (Å²) in [5.41, 5.74) is 0. The fourth-order valence-corrected chi connectivity index (χ4v) is 0.586. The third-order valence-corrected chi connectivity index (χ3v) is 1.27. The van der Waals surface area contributed by atoms with E-state index in [0.29, 0.717) is 12.4 Å². The van der Waals surface area contributed by atoms with Crippen LogP contribution in [0.3, 0.4) is 0 Å². The van der Waals surface area contributed by atoms with E-state index in [4.69, 9.17) is 10.2 Å². The number of aliphatic hydroxyl groups is 1. The summed E-state index contributed by atoms with van der Waals surface area (Å²) in [6.07, 6.45) is 2.04. The Bertz CT molecular complexity index is 176. The number of rotatable bonds is 2. The minimum absolute atomic E-state index is 0. The Labute approximate surface area is 98.4 Å². The van der Waals surface area contributed by atoms with Crippen LogP contribution in [0.25, 0.3) is 0 Å². The van der Waals surface area contributed by atoms with Crippen molar-refractivity contribution >= 4 is 0 Å². The molecule has 0 atom stereocenters. The van der Waals surface area contributed by atoms with Crippen molar-refractivity contribution < 1.29 is 36.1 Å². The number of phenols is 1. The normalized spacial score (nSPS) is 7.85. The van der Waals surface area contributed by atoms with Gasteiger partial charge in [0.2, 0.25) is 0 Å². The largest absolute Gasteiger partial charge is 0.508 e. The number of unbranched alkanes of at least 4 members (excludes halogenated alkanes) is 1. The van der Waals surface area contributed by atoms with Crippen LogP contribution in [-0.2, 0) is 25.8 Å². The summed E-state index contributed by atoms with van der Waals surface area (Å²) in [7, 11) is 0. The molecule has 0 saturated heterocycles. The van der Waals surface area contributed by atoms with Crippen molar-refractivity contribution in [2.45, 2.75) is 19.8 Å². The summed E-state index contributed by atoms with van der Waals surface area (Å²) in [6.45, 7) is 2.40. The second-order valence-electron chi connectivity index (χ2n) is 2.41. The van der Waals surface area contributed by atoms with E-state index in [9.17, 15) is 0 Å². The Morgan fingerprint density at radius 3 is 1.85 bits per heavy atom. The van der Waals surface area contributed by atoms with Crippen molar-refractivity contribution in [3.63, 3.8) is 0 Å². The van der Waals surface area contributed by atoms with Crippen LogP contribution in [0, 0.1) is 0 Å². The van der Waals surface area contributed by atoms with Gasteiger partial charge < -0.3 is 10.2 Å². The molecule has 0 bridgehead atoms. The van der Waals surface area contributed by atoms with E-state index in [1.165, 1.54) is 0 Å². The molecule has 2 N–H and O–H groups in total. The third-order valence-electron chi connectivity index (χ3n) is 1.27. The molecule has 1 radical (unpaired) electrons. The van der Waals surface area contributed by atoms with Crippen LogP contribution < -0.4 is 0 Å².